The molecule has 0 amide bonds. The molecule has 2 aliphatic rings. The molecule has 0 saturated heterocycles. The van der Waals surface area contributed by atoms with Gasteiger partial charge in [-0.15, -0.1) is 6.42 Å². The average Bonchev–Trinajstić information content (AvgIpc) is 2.96. The van der Waals surface area contributed by atoms with Crippen LogP contribution in [0.15, 0.2) is 34.9 Å². The van der Waals surface area contributed by atoms with E-state index in [1.807, 2.05) is 0 Å². The molecule has 0 heterocycles. The Kier molecular flexibility index (Phi) is 16.6. The number of halogens is 2. The van der Waals surface area contributed by atoms with E-state index in [9.17, 15) is 0 Å². The largest absolute Gasteiger partial charge is 1.00 e. The molecule has 0 N–H and O–H groups in total. The topological polar surface area (TPSA) is 0 Å². The Labute approximate surface area is 191 Å². The number of hydrogen-bond acceptors (Lipinski definition) is 0. The Hall–Kier alpha value is 0.640. The van der Waals surface area contributed by atoms with Gasteiger partial charge in [0, 0.05) is 0 Å². The number of hydrogen-bond donors (Lipinski definition) is 0. The van der Waals surface area contributed by atoms with Gasteiger partial charge in [0.25, 0.3) is 0 Å². The minimum Gasteiger partial charge on any atom is -1.00 e. The summed E-state index contributed by atoms with van der Waals surface area (Å²) >= 11 is 1.74. The molecule has 2 aliphatic carbocycles. The maximum absolute atomic E-state index is 3.30. The molecule has 26 heavy (non-hydrogen) atoms. The summed E-state index contributed by atoms with van der Waals surface area (Å²) in [6.45, 7) is 22.3. The molecule has 1 atom stereocenters. The van der Waals surface area contributed by atoms with Crippen LogP contribution < -0.4 is 24.8 Å². The van der Waals surface area contributed by atoms with Crippen molar-refractivity contribution in [2.45, 2.75) is 74.9 Å². The fourth-order valence-electron chi connectivity index (χ4n) is 2.13. The van der Waals surface area contributed by atoms with Gasteiger partial charge in [-0.1, -0.05) is 66.7 Å². The Balaban J connectivity index is -0.000000319. The smallest absolute Gasteiger partial charge is 1.00 e. The summed E-state index contributed by atoms with van der Waals surface area (Å²) in [5, 5.41) is 0. The van der Waals surface area contributed by atoms with E-state index in [0.717, 1.165) is 6.42 Å². The third kappa shape index (κ3) is 14.7. The Morgan fingerprint density at radius 1 is 1.04 bits per heavy atom. The Morgan fingerprint density at radius 2 is 1.50 bits per heavy atom. The van der Waals surface area contributed by atoms with Gasteiger partial charge in [-0.3, -0.25) is 12.2 Å². The van der Waals surface area contributed by atoms with Crippen LogP contribution >= 0.6 is 0 Å². The number of rotatable bonds is 0. The standard InChI is InChI=1S/2C10H15.C2H6Si.2ClH.Zr/c2*1-8-5-6-9(7-8)10(2,3)4;1-3-2;;;/h7H,6H2,1-4H3;6-8H,1-4H3;1-2H3;2*1H;/q2*-1;;;;+2/p-2. The van der Waals surface area contributed by atoms with Gasteiger partial charge in [0.2, 0.25) is 0 Å². The molecule has 0 aromatic heterocycles. The summed E-state index contributed by atoms with van der Waals surface area (Å²) in [5.41, 5.74) is 5.07. The summed E-state index contributed by atoms with van der Waals surface area (Å²) in [4.78, 5) is 0. The quantitative estimate of drug-likeness (QED) is 0.349. The van der Waals surface area contributed by atoms with Crippen LogP contribution in [0.1, 0.15) is 61.8 Å². The van der Waals surface area contributed by atoms with Crippen molar-refractivity contribution in [2.24, 2.45) is 16.7 Å². The van der Waals surface area contributed by atoms with Crippen molar-refractivity contribution in [3.05, 3.63) is 47.1 Å². The van der Waals surface area contributed by atoms with Crippen LogP contribution in [0.4, 0.5) is 0 Å². The summed E-state index contributed by atoms with van der Waals surface area (Å²) in [6.07, 6.45) is 14.2. The molecule has 0 saturated carbocycles. The monoisotopic (exact) mass is 488 g/mol. The second-order valence-corrected chi connectivity index (χ2v) is 18.3. The van der Waals surface area contributed by atoms with E-state index >= 15 is 0 Å². The Morgan fingerprint density at radius 3 is 1.65 bits per heavy atom. The van der Waals surface area contributed by atoms with Crippen molar-refractivity contribution in [3.63, 3.8) is 0 Å². The van der Waals surface area contributed by atoms with Gasteiger partial charge in [0.15, 0.2) is 0 Å². The van der Waals surface area contributed by atoms with Crippen LogP contribution in [0.5, 0.6) is 0 Å². The molecule has 148 valence electrons. The van der Waals surface area contributed by atoms with Crippen molar-refractivity contribution >= 4 is 5.43 Å². The zero-order valence-corrected chi connectivity index (χ0v) is 23.2. The van der Waals surface area contributed by atoms with E-state index in [-0.39, 0.29) is 30.2 Å². The molecule has 0 aliphatic heterocycles. The predicted octanol–water partition coefficient (Wildman–Crippen LogP) is 0.872. The maximum atomic E-state index is 3.30. The van der Waals surface area contributed by atoms with Crippen molar-refractivity contribution in [1.29, 1.82) is 0 Å². The van der Waals surface area contributed by atoms with Gasteiger partial charge >= 0.3 is 41.9 Å². The van der Waals surface area contributed by atoms with Gasteiger partial charge in [-0.2, -0.15) is 17.2 Å². The van der Waals surface area contributed by atoms with Crippen LogP contribution in [0.25, 0.3) is 0 Å². The predicted molar refractivity (Wildman–Crippen MR) is 107 cm³/mol. The molecule has 0 bridgehead atoms. The molecule has 0 fully saturated rings. The van der Waals surface area contributed by atoms with E-state index in [1.54, 1.807) is 23.3 Å². The second-order valence-electron chi connectivity index (χ2n) is 8.93. The minimum absolute atomic E-state index is 0. The molecule has 1 unspecified atom stereocenters. The summed E-state index contributed by atoms with van der Waals surface area (Å²) in [7, 11) is 0. The summed E-state index contributed by atoms with van der Waals surface area (Å²) in [5.74, 6) is 0.522. The molecule has 2 rings (SSSR count). The van der Waals surface area contributed by atoms with Gasteiger partial charge in [-0.05, 0) is 5.41 Å². The minimum atomic E-state index is 0. The van der Waals surface area contributed by atoms with Crippen molar-refractivity contribution in [2.75, 3.05) is 0 Å². The van der Waals surface area contributed by atoms with Gasteiger partial charge in [0.05, 0.1) is 0 Å². The molecule has 0 nitrogen and oxygen atoms in total. The van der Waals surface area contributed by atoms with E-state index in [1.165, 1.54) is 16.7 Å². The van der Waals surface area contributed by atoms with E-state index in [2.05, 4.69) is 98.9 Å². The maximum Gasteiger partial charge on any atom is -1.00 e. The van der Waals surface area contributed by atoms with E-state index in [0.29, 0.717) is 16.7 Å². The van der Waals surface area contributed by atoms with Gasteiger partial charge < -0.3 is 24.8 Å². The van der Waals surface area contributed by atoms with Gasteiger partial charge in [0.1, 0.15) is 0 Å². The molecular formula is C22H36Cl2SiZr-2. The molecular weight excluding hydrogens is 454 g/mol. The summed E-state index contributed by atoms with van der Waals surface area (Å²) < 4.78 is 0. The van der Waals surface area contributed by atoms with Crippen LogP contribution in [-0.2, 0) is 23.3 Å². The average molecular weight is 491 g/mol. The molecule has 4 heteroatoms. The third-order valence-electron chi connectivity index (χ3n) is 3.71. The fourth-order valence-corrected chi connectivity index (χ4v) is 2.13. The van der Waals surface area contributed by atoms with Crippen LogP contribution in [0.3, 0.4) is 0 Å². The third-order valence-corrected chi connectivity index (χ3v) is 3.71. The zero-order valence-electron chi connectivity index (χ0n) is 18.3. The molecule has 0 spiro atoms. The van der Waals surface area contributed by atoms with E-state index in [4.69, 9.17) is 0 Å². The van der Waals surface area contributed by atoms with Crippen LogP contribution in [0, 0.1) is 28.9 Å². The van der Waals surface area contributed by atoms with Crippen molar-refractivity contribution in [3.8, 4) is 0 Å². The SMILES string of the molecule is CC1=[C-]CC(C(C)(C)C)=C1.CC1[C-]=CC(C(C)(C)C)=C1.C[Si](C)=[Zr+2].[Cl-].[Cl-]. The fraction of sp³-hybridized carbons (Fsp3) is 0.636. The normalized spacial score (nSPS) is 18.0. The second kappa shape index (κ2) is 13.8. The summed E-state index contributed by atoms with van der Waals surface area (Å²) in [6, 6.07) is 0. The first-order chi connectivity index (χ1) is 10.7. The first-order valence-electron chi connectivity index (χ1n) is 8.85. The molecule has 0 aromatic rings. The van der Waals surface area contributed by atoms with E-state index < -0.39 is 0 Å². The first kappa shape index (κ1) is 31.3. The van der Waals surface area contributed by atoms with Crippen molar-refractivity contribution < 1.29 is 48.1 Å². The van der Waals surface area contributed by atoms with Crippen LogP contribution in [-0.4, -0.2) is 5.43 Å². The first-order valence-corrected chi connectivity index (χ1v) is 15.0. The van der Waals surface area contributed by atoms with Crippen molar-refractivity contribution in [1.82, 2.24) is 0 Å². The molecule has 0 radical (unpaired) electrons. The Bertz CT molecular complexity index is 552. The number of allylic oxidation sites excluding steroid dienone is 8. The zero-order chi connectivity index (χ0) is 19.1. The van der Waals surface area contributed by atoms with Crippen LogP contribution in [0.2, 0.25) is 13.1 Å². The van der Waals surface area contributed by atoms with Gasteiger partial charge in [-0.25, -0.2) is 17.7 Å². The molecule has 0 aromatic carbocycles.